The number of hydrogen-bond donors (Lipinski definition) is 2. The highest BCUT2D eigenvalue weighted by Crippen LogP contribution is 2.39. The fourth-order valence-electron chi connectivity index (χ4n) is 5.43. The number of hydrogen-bond acceptors (Lipinski definition) is 8. The zero-order valence-electron chi connectivity index (χ0n) is 19.0. The van der Waals surface area contributed by atoms with Crippen LogP contribution in [0.4, 0.5) is 10.2 Å². The maximum Gasteiger partial charge on any atom is 0.185 e. The molecule has 0 amide bonds. The Morgan fingerprint density at radius 1 is 0.971 bits per heavy atom. The van der Waals surface area contributed by atoms with Crippen molar-refractivity contribution in [2.75, 3.05) is 11.2 Å². The zero-order valence-corrected chi connectivity index (χ0v) is 19.8. The average Bonchev–Trinajstić information content (AvgIpc) is 3.63. The maximum absolute atomic E-state index is 14.3. The number of thioether (sulfide) groups is 1. The highest BCUT2D eigenvalue weighted by Gasteiger charge is 2.41. The van der Waals surface area contributed by atoms with Crippen molar-refractivity contribution in [1.29, 1.82) is 0 Å². The molecule has 1 aromatic carbocycles. The van der Waals surface area contributed by atoms with E-state index >= 15 is 0 Å². The van der Waals surface area contributed by atoms with E-state index in [-0.39, 0.29) is 5.75 Å². The summed E-state index contributed by atoms with van der Waals surface area (Å²) in [6.07, 6.45) is 12.1. The van der Waals surface area contributed by atoms with E-state index in [1.54, 1.807) is 24.4 Å². The Kier molecular flexibility index (Phi) is 5.61. The summed E-state index contributed by atoms with van der Waals surface area (Å²) >= 11 is 1.44. The van der Waals surface area contributed by atoms with Crippen LogP contribution in [-0.4, -0.2) is 55.7 Å². The molecule has 0 spiro atoms. The summed E-state index contributed by atoms with van der Waals surface area (Å²) in [7, 11) is 0. The Bertz CT molecular complexity index is 1190. The molecule has 4 heterocycles. The molecule has 34 heavy (non-hydrogen) atoms. The van der Waals surface area contributed by atoms with E-state index in [0.717, 1.165) is 18.7 Å². The second kappa shape index (κ2) is 8.78. The van der Waals surface area contributed by atoms with Crippen LogP contribution in [0.3, 0.4) is 0 Å². The van der Waals surface area contributed by atoms with Gasteiger partial charge in [-0.05, 0) is 68.5 Å². The molecule has 9 heteroatoms. The van der Waals surface area contributed by atoms with Crippen LogP contribution >= 0.6 is 11.8 Å². The molecule has 3 aliphatic rings. The van der Waals surface area contributed by atoms with Gasteiger partial charge in [0.2, 0.25) is 0 Å². The van der Waals surface area contributed by atoms with Crippen LogP contribution in [0.2, 0.25) is 0 Å². The summed E-state index contributed by atoms with van der Waals surface area (Å²) < 4.78 is 14.3. The molecule has 3 fully saturated rings. The van der Waals surface area contributed by atoms with Crippen LogP contribution in [0.15, 0.2) is 41.7 Å². The first-order valence-electron chi connectivity index (χ1n) is 11.9. The van der Waals surface area contributed by atoms with Crippen LogP contribution < -0.4 is 10.2 Å². The molecule has 0 unspecified atom stereocenters. The average molecular weight is 479 g/mol. The fourth-order valence-corrected chi connectivity index (χ4v) is 5.82. The van der Waals surface area contributed by atoms with Crippen molar-refractivity contribution >= 4 is 17.6 Å². The highest BCUT2D eigenvalue weighted by atomic mass is 32.2. The second-order valence-corrected chi connectivity index (χ2v) is 10.3. The minimum Gasteiger partial charge on any atom is -0.507 e. The number of fused-ring (bicyclic) bond motifs is 2. The second-order valence-electron chi connectivity index (χ2n) is 9.48. The molecule has 2 N–H and O–H groups in total. The number of aromatic nitrogens is 4. The third-order valence-corrected chi connectivity index (χ3v) is 7.83. The molecule has 7 nitrogen and oxygen atoms in total. The largest absolute Gasteiger partial charge is 0.507 e. The normalized spacial score (nSPS) is 23.8. The zero-order chi connectivity index (χ0) is 23.2. The van der Waals surface area contributed by atoms with Crippen LogP contribution in [-0.2, 0) is 0 Å². The number of rotatable bonds is 6. The number of piperidine rings is 1. The van der Waals surface area contributed by atoms with Gasteiger partial charge < -0.3 is 15.3 Å². The fraction of sp³-hybridized carbons (Fsp3) is 0.440. The van der Waals surface area contributed by atoms with Crippen LogP contribution in [0.5, 0.6) is 5.75 Å². The van der Waals surface area contributed by atoms with Crippen LogP contribution in [0.1, 0.15) is 38.5 Å². The van der Waals surface area contributed by atoms with Gasteiger partial charge in [-0.25, -0.2) is 14.4 Å². The lowest BCUT2D eigenvalue weighted by Crippen LogP contribution is -2.49. The third-order valence-electron chi connectivity index (χ3n) is 7.18. The SMILES string of the molecule is CSc1cc(-c2ccc(-c3ncc(N(C4CC4)[C@@H]4C[C@H]5CC[C@@H](C4)N5)nn3)c(O)c2)c(F)cn1. The van der Waals surface area contributed by atoms with Gasteiger partial charge in [0.05, 0.1) is 23.0 Å². The molecule has 2 saturated heterocycles. The minimum atomic E-state index is -0.432. The Morgan fingerprint density at radius 3 is 2.41 bits per heavy atom. The van der Waals surface area contributed by atoms with Crippen LogP contribution in [0.25, 0.3) is 22.5 Å². The van der Waals surface area contributed by atoms with Gasteiger partial charge in [0.15, 0.2) is 11.6 Å². The Balaban J connectivity index is 1.25. The molecular formula is C25H27FN6OS. The first-order chi connectivity index (χ1) is 16.6. The standard InChI is InChI=1S/C25H27FN6OS/c1-34-24-11-20(21(26)12-27-24)14-2-7-19(22(33)8-14)25-28-13-23(30-31-25)32(17-5-6-17)18-9-15-3-4-16(10-18)29-15/h2,7-8,11-13,15-18,29,33H,3-6,9-10H2,1H3/t15-,16+,18-. The van der Waals surface area contributed by atoms with Gasteiger partial charge in [-0.15, -0.1) is 22.0 Å². The van der Waals surface area contributed by atoms with E-state index in [9.17, 15) is 9.50 Å². The molecule has 3 aromatic rings. The molecule has 0 radical (unpaired) electrons. The number of phenolic OH excluding ortho intramolecular Hbond substituents is 1. The van der Waals surface area contributed by atoms with Crippen molar-refractivity contribution in [1.82, 2.24) is 25.5 Å². The Hall–Kier alpha value is -2.78. The van der Waals surface area contributed by atoms with E-state index in [2.05, 4.69) is 30.4 Å². The van der Waals surface area contributed by atoms with Gasteiger partial charge in [-0.2, -0.15) is 0 Å². The number of anilines is 1. The first-order valence-corrected chi connectivity index (χ1v) is 13.1. The van der Waals surface area contributed by atoms with Crippen molar-refractivity contribution < 1.29 is 9.50 Å². The third kappa shape index (κ3) is 4.11. The van der Waals surface area contributed by atoms with Crippen LogP contribution in [0, 0.1) is 5.82 Å². The number of pyridine rings is 1. The highest BCUT2D eigenvalue weighted by molar-refractivity contribution is 7.98. The monoisotopic (exact) mass is 478 g/mol. The number of nitrogens with one attached hydrogen (secondary N) is 1. The molecule has 1 aliphatic carbocycles. The number of aromatic hydroxyl groups is 1. The first kappa shape index (κ1) is 21.7. The van der Waals surface area contributed by atoms with E-state index in [1.807, 2.05) is 6.26 Å². The number of phenols is 1. The van der Waals surface area contributed by atoms with Crippen molar-refractivity contribution in [3.8, 4) is 28.3 Å². The van der Waals surface area contributed by atoms with E-state index < -0.39 is 5.82 Å². The maximum atomic E-state index is 14.3. The summed E-state index contributed by atoms with van der Waals surface area (Å²) in [6.45, 7) is 0. The topological polar surface area (TPSA) is 87.1 Å². The van der Waals surface area contributed by atoms with Gasteiger partial charge in [0.25, 0.3) is 0 Å². The quantitative estimate of drug-likeness (QED) is 0.504. The van der Waals surface area contributed by atoms with Crippen molar-refractivity contribution in [2.45, 2.75) is 67.7 Å². The minimum absolute atomic E-state index is 0.0112. The Labute approximate surface area is 202 Å². The number of halogens is 1. The summed E-state index contributed by atoms with van der Waals surface area (Å²) in [5.41, 5.74) is 1.44. The molecule has 176 valence electrons. The summed E-state index contributed by atoms with van der Waals surface area (Å²) in [4.78, 5) is 11.0. The molecule has 2 aliphatic heterocycles. The van der Waals surface area contributed by atoms with E-state index in [0.29, 0.717) is 51.7 Å². The molecule has 2 bridgehead atoms. The molecule has 6 rings (SSSR count). The molecule has 3 atom stereocenters. The van der Waals surface area contributed by atoms with Crippen molar-refractivity contribution in [3.05, 3.63) is 42.5 Å². The number of benzene rings is 1. The van der Waals surface area contributed by atoms with E-state index in [4.69, 9.17) is 0 Å². The summed E-state index contributed by atoms with van der Waals surface area (Å²) in [5, 5.41) is 24.0. The summed E-state index contributed by atoms with van der Waals surface area (Å²) in [6, 6.07) is 8.91. The van der Waals surface area contributed by atoms with Crippen molar-refractivity contribution in [3.63, 3.8) is 0 Å². The van der Waals surface area contributed by atoms with Gasteiger partial charge in [0.1, 0.15) is 11.6 Å². The predicted octanol–water partition coefficient (Wildman–Crippen LogP) is 4.42. The number of nitrogens with zero attached hydrogens (tertiary/aromatic N) is 5. The molecule has 2 aromatic heterocycles. The van der Waals surface area contributed by atoms with Gasteiger partial charge in [0, 0.05) is 29.7 Å². The Morgan fingerprint density at radius 2 is 1.76 bits per heavy atom. The lowest BCUT2D eigenvalue weighted by Gasteiger charge is -2.38. The smallest absolute Gasteiger partial charge is 0.185 e. The summed E-state index contributed by atoms with van der Waals surface area (Å²) in [5.74, 6) is 0.729. The van der Waals surface area contributed by atoms with E-state index in [1.165, 1.54) is 49.7 Å². The molecular weight excluding hydrogens is 451 g/mol. The van der Waals surface area contributed by atoms with Gasteiger partial charge >= 0.3 is 0 Å². The lowest BCUT2D eigenvalue weighted by atomic mass is 9.98. The predicted molar refractivity (Wildman–Crippen MR) is 130 cm³/mol. The van der Waals surface area contributed by atoms with Crippen molar-refractivity contribution in [2.24, 2.45) is 0 Å². The lowest BCUT2D eigenvalue weighted by molar-refractivity contribution is 0.343. The van der Waals surface area contributed by atoms with Gasteiger partial charge in [-0.3, -0.25) is 0 Å². The molecule has 1 saturated carbocycles. The van der Waals surface area contributed by atoms with Gasteiger partial charge in [-0.1, -0.05) is 6.07 Å².